The topological polar surface area (TPSA) is 0 Å². The fraction of sp³-hybridized carbons (Fsp3) is 0. The van der Waals surface area contributed by atoms with Gasteiger partial charge in [0.05, 0.1) is 0 Å². The molecule has 0 saturated heterocycles. The van der Waals surface area contributed by atoms with Crippen molar-refractivity contribution in [2.45, 2.75) is 0 Å². The molecule has 32 valence electrons. The van der Waals surface area contributed by atoms with Crippen molar-refractivity contribution in [1.82, 2.24) is 0 Å². The summed E-state index contributed by atoms with van der Waals surface area (Å²) < 4.78 is 1.63. The molecule has 0 aliphatic heterocycles. The zero-order chi connectivity index (χ0) is 4.41. The van der Waals surface area contributed by atoms with Crippen LogP contribution in [0.2, 0.25) is 0 Å². The molecule has 1 rings (SSSR count). The molecule has 0 fully saturated rings. The molecule has 0 aromatic carbocycles. The SMILES string of the molecule is [SbH2][c]1ccc[pH]1. The van der Waals surface area contributed by atoms with Gasteiger partial charge in [-0.2, -0.15) is 0 Å². The second-order valence-corrected chi connectivity index (χ2v) is 5.75. The first-order valence-electron chi connectivity index (χ1n) is 1.78. The molecule has 0 saturated carbocycles. The number of hydrogen-bond acceptors (Lipinski definition) is 0. The molecule has 2 heteroatoms. The van der Waals surface area contributed by atoms with Gasteiger partial charge in [-0.3, -0.25) is 0 Å². The van der Waals surface area contributed by atoms with E-state index in [1.807, 2.05) is 0 Å². The molecule has 0 radical (unpaired) electrons. The number of rotatable bonds is 0. The summed E-state index contributed by atoms with van der Waals surface area (Å²) in [6, 6.07) is 4.35. The Labute approximate surface area is 52.5 Å². The molecular weight excluding hydrogens is 201 g/mol. The Morgan fingerprint density at radius 2 is 2.50 bits per heavy atom. The maximum absolute atomic E-state index is 2.22. The van der Waals surface area contributed by atoms with E-state index < -0.39 is 0 Å². The van der Waals surface area contributed by atoms with E-state index in [1.54, 1.807) is 3.24 Å². The van der Waals surface area contributed by atoms with E-state index in [9.17, 15) is 0 Å². The molecule has 0 aliphatic carbocycles. The Morgan fingerprint density at radius 1 is 1.67 bits per heavy atom. The Hall–Kier alpha value is 0.598. The van der Waals surface area contributed by atoms with E-state index >= 15 is 0 Å². The quantitative estimate of drug-likeness (QED) is 0.524. The molecule has 0 aliphatic rings. The predicted molar refractivity (Wildman–Crippen MR) is 34.1 cm³/mol. The van der Waals surface area contributed by atoms with Gasteiger partial charge in [0.25, 0.3) is 0 Å². The zero-order valence-corrected chi connectivity index (χ0v) is 7.61. The van der Waals surface area contributed by atoms with Gasteiger partial charge in [-0.1, -0.05) is 0 Å². The van der Waals surface area contributed by atoms with Gasteiger partial charge in [0, 0.05) is 0 Å². The van der Waals surface area contributed by atoms with Gasteiger partial charge in [0.1, 0.15) is 0 Å². The summed E-state index contributed by atoms with van der Waals surface area (Å²) in [4.78, 5) is 0. The van der Waals surface area contributed by atoms with Gasteiger partial charge < -0.3 is 0 Å². The fourth-order valence-corrected chi connectivity index (χ4v) is 2.06. The average Bonchev–Trinajstić information content (AvgIpc) is 1.86. The molecule has 0 nitrogen and oxygen atoms in total. The third-order valence-electron chi connectivity index (χ3n) is 0.622. The molecule has 0 spiro atoms. The summed E-state index contributed by atoms with van der Waals surface area (Å²) in [6.07, 6.45) is 0. The Balaban J connectivity index is 3.05. The third-order valence-corrected chi connectivity index (χ3v) is 3.46. The molecule has 0 N–H and O–H groups in total. The Bertz CT molecular complexity index is 111. The Kier molecular flexibility index (Phi) is 1.62. The summed E-state index contributed by atoms with van der Waals surface area (Å²) in [7, 11) is 1.02. The van der Waals surface area contributed by atoms with Crippen LogP contribution in [0.4, 0.5) is 0 Å². The monoisotopic (exact) mass is 206 g/mol. The van der Waals surface area contributed by atoms with Crippen molar-refractivity contribution in [3.8, 4) is 0 Å². The van der Waals surface area contributed by atoms with Crippen LogP contribution in [0.25, 0.3) is 0 Å². The van der Waals surface area contributed by atoms with E-state index in [0.717, 1.165) is 8.19 Å². The summed E-state index contributed by atoms with van der Waals surface area (Å²) in [5.41, 5.74) is 0. The minimum atomic E-state index is 1.02. The van der Waals surface area contributed by atoms with Crippen LogP contribution in [0, 0.1) is 0 Å². The molecule has 1 atom stereocenters. The van der Waals surface area contributed by atoms with Crippen LogP contribution >= 0.6 is 8.19 Å². The van der Waals surface area contributed by atoms with E-state index in [4.69, 9.17) is 0 Å². The summed E-state index contributed by atoms with van der Waals surface area (Å²) in [5, 5.41) is 0. The minimum absolute atomic E-state index is 1.02. The van der Waals surface area contributed by atoms with Crippen molar-refractivity contribution < 1.29 is 0 Å². The van der Waals surface area contributed by atoms with Gasteiger partial charge in [-0.25, -0.2) is 0 Å². The van der Waals surface area contributed by atoms with Crippen molar-refractivity contribution in [3.63, 3.8) is 0 Å². The molecule has 1 aromatic heterocycles. The fourth-order valence-electron chi connectivity index (χ4n) is 0.344. The molecular formula is C4H6PSb. The molecule has 1 aromatic rings. The van der Waals surface area contributed by atoms with E-state index in [0.29, 0.717) is 0 Å². The number of hydrogen-bond donors (Lipinski definition) is 0. The summed E-state index contributed by atoms with van der Waals surface area (Å²) >= 11 is 1.32. The molecule has 1 unspecified atom stereocenters. The van der Waals surface area contributed by atoms with Gasteiger partial charge >= 0.3 is 52.4 Å². The molecule has 1 heterocycles. The zero-order valence-electron chi connectivity index (χ0n) is 3.31. The Morgan fingerprint density at radius 3 is 2.67 bits per heavy atom. The van der Waals surface area contributed by atoms with Crippen LogP contribution in [0.3, 0.4) is 0 Å². The third kappa shape index (κ3) is 1.03. The first kappa shape index (κ1) is 4.75. The van der Waals surface area contributed by atoms with Crippen molar-refractivity contribution in [2.75, 3.05) is 0 Å². The van der Waals surface area contributed by atoms with Gasteiger partial charge in [0.2, 0.25) is 0 Å². The second-order valence-electron chi connectivity index (χ2n) is 1.13. The van der Waals surface area contributed by atoms with Crippen LogP contribution < -0.4 is 3.24 Å². The van der Waals surface area contributed by atoms with E-state index in [1.165, 1.54) is 23.0 Å². The van der Waals surface area contributed by atoms with Crippen LogP contribution in [0.1, 0.15) is 0 Å². The average molecular weight is 207 g/mol. The van der Waals surface area contributed by atoms with E-state index in [-0.39, 0.29) is 0 Å². The first-order valence-corrected chi connectivity index (χ1v) is 4.51. The first-order chi connectivity index (χ1) is 2.89. The van der Waals surface area contributed by atoms with Crippen LogP contribution in [-0.2, 0) is 0 Å². The molecule has 0 amide bonds. The summed E-state index contributed by atoms with van der Waals surface area (Å²) in [6.45, 7) is 0. The van der Waals surface area contributed by atoms with Crippen LogP contribution in [-0.4, -0.2) is 23.0 Å². The van der Waals surface area contributed by atoms with Gasteiger partial charge in [-0.05, 0) is 0 Å². The predicted octanol–water partition coefficient (Wildman–Crippen LogP) is -0.0237. The maximum atomic E-state index is 2.22. The van der Waals surface area contributed by atoms with Crippen LogP contribution in [0.5, 0.6) is 0 Å². The normalized spacial score (nSPS) is 10.2. The van der Waals surface area contributed by atoms with Crippen molar-refractivity contribution in [1.29, 1.82) is 0 Å². The van der Waals surface area contributed by atoms with Crippen LogP contribution in [0.15, 0.2) is 17.9 Å². The standard InChI is InChI=1S/C4H4P.Sb.2H/c1-2-4-5-3-1;;;/h1-3,5H;;;. The van der Waals surface area contributed by atoms with Crippen molar-refractivity contribution in [3.05, 3.63) is 17.9 Å². The molecule has 6 heavy (non-hydrogen) atoms. The summed E-state index contributed by atoms with van der Waals surface area (Å²) in [5.74, 6) is 2.22. The van der Waals surface area contributed by atoms with Crippen molar-refractivity contribution in [2.24, 2.45) is 0 Å². The van der Waals surface area contributed by atoms with Crippen molar-refractivity contribution >= 4 is 34.5 Å². The second kappa shape index (κ2) is 2.05. The van der Waals surface area contributed by atoms with Gasteiger partial charge in [-0.15, -0.1) is 0 Å². The molecule has 0 bridgehead atoms. The van der Waals surface area contributed by atoms with Gasteiger partial charge in [0.15, 0.2) is 0 Å². The van der Waals surface area contributed by atoms with E-state index in [2.05, 4.69) is 17.9 Å².